The van der Waals surface area contributed by atoms with Crippen molar-refractivity contribution >= 4 is 22.8 Å². The highest BCUT2D eigenvalue weighted by Crippen LogP contribution is 2.27. The number of fused-ring (bicyclic) bond motifs is 1. The van der Waals surface area contributed by atoms with Crippen molar-refractivity contribution in [2.45, 2.75) is 20.8 Å². The Balaban J connectivity index is 1.36. The Bertz CT molecular complexity index is 1110. The number of amides is 2. The molecule has 1 aliphatic rings. The second-order valence-electron chi connectivity index (χ2n) is 7.50. The van der Waals surface area contributed by atoms with Gasteiger partial charge in [0.05, 0.1) is 11.1 Å². The van der Waals surface area contributed by atoms with Crippen LogP contribution < -0.4 is 4.74 Å². The van der Waals surface area contributed by atoms with Gasteiger partial charge in [0.25, 0.3) is 11.8 Å². The van der Waals surface area contributed by atoms with Crippen LogP contribution in [0.5, 0.6) is 5.88 Å². The van der Waals surface area contributed by atoms with Gasteiger partial charge in [-0.1, -0.05) is 5.16 Å². The fourth-order valence-corrected chi connectivity index (χ4v) is 3.65. The van der Waals surface area contributed by atoms with Crippen molar-refractivity contribution in [3.05, 3.63) is 34.8 Å². The molecule has 10 nitrogen and oxygen atoms in total. The van der Waals surface area contributed by atoms with Gasteiger partial charge in [0.2, 0.25) is 11.6 Å². The lowest BCUT2D eigenvalue weighted by molar-refractivity contribution is -0.134. The predicted octanol–water partition coefficient (Wildman–Crippen LogP) is 1.24. The second kappa shape index (κ2) is 7.77. The van der Waals surface area contributed by atoms with E-state index in [9.17, 15) is 9.59 Å². The monoisotopic (exact) mass is 412 g/mol. The maximum atomic E-state index is 12.6. The molecular weight excluding hydrogens is 388 g/mol. The lowest BCUT2D eigenvalue weighted by Gasteiger charge is -2.34. The Kier molecular flexibility index (Phi) is 5.15. The minimum Gasteiger partial charge on any atom is -0.466 e. The molecule has 4 rings (SSSR count). The Morgan fingerprint density at radius 2 is 1.77 bits per heavy atom. The zero-order valence-corrected chi connectivity index (χ0v) is 17.5. The quantitative estimate of drug-likeness (QED) is 0.635. The third-order valence-electron chi connectivity index (χ3n) is 5.18. The van der Waals surface area contributed by atoms with E-state index in [0.717, 1.165) is 22.3 Å². The number of carbonyl (C=O) groups is 2. The molecule has 3 aromatic heterocycles. The number of aromatic nitrogens is 4. The van der Waals surface area contributed by atoms with Gasteiger partial charge in [-0.15, -0.1) is 5.10 Å². The molecule has 3 aromatic rings. The summed E-state index contributed by atoms with van der Waals surface area (Å²) in [5.74, 6) is 0.267. The average molecular weight is 412 g/mol. The van der Waals surface area contributed by atoms with Crippen molar-refractivity contribution in [1.82, 2.24) is 29.7 Å². The maximum absolute atomic E-state index is 12.6. The van der Waals surface area contributed by atoms with Gasteiger partial charge in [-0.05, 0) is 32.4 Å². The molecule has 0 N–H and O–H groups in total. The SMILES string of the molecule is Cc1cc(C(=O)N2CCN(C(=O)COc3nn(C)c4nc(C)cc(C)c34)CC2)on1. The van der Waals surface area contributed by atoms with E-state index in [1.165, 1.54) is 0 Å². The van der Waals surface area contributed by atoms with E-state index >= 15 is 0 Å². The summed E-state index contributed by atoms with van der Waals surface area (Å²) in [5, 5.41) is 8.93. The highest BCUT2D eigenvalue weighted by Gasteiger charge is 2.27. The Morgan fingerprint density at radius 1 is 1.07 bits per heavy atom. The number of piperazine rings is 1. The third kappa shape index (κ3) is 3.72. The molecule has 0 bridgehead atoms. The molecule has 1 saturated heterocycles. The molecule has 0 aromatic carbocycles. The molecule has 10 heteroatoms. The van der Waals surface area contributed by atoms with Crippen LogP contribution in [0.2, 0.25) is 0 Å². The third-order valence-corrected chi connectivity index (χ3v) is 5.18. The molecule has 1 fully saturated rings. The summed E-state index contributed by atoms with van der Waals surface area (Å²) in [6.07, 6.45) is 0. The van der Waals surface area contributed by atoms with Crippen LogP contribution in [-0.2, 0) is 11.8 Å². The van der Waals surface area contributed by atoms with Crippen LogP contribution in [0, 0.1) is 20.8 Å². The fraction of sp³-hybridized carbons (Fsp3) is 0.450. The summed E-state index contributed by atoms with van der Waals surface area (Å²) in [4.78, 5) is 32.9. The van der Waals surface area contributed by atoms with Gasteiger partial charge in [-0.2, -0.15) is 0 Å². The van der Waals surface area contributed by atoms with Crippen molar-refractivity contribution in [2.75, 3.05) is 32.8 Å². The predicted molar refractivity (Wildman–Crippen MR) is 107 cm³/mol. The van der Waals surface area contributed by atoms with E-state index in [4.69, 9.17) is 9.26 Å². The number of ether oxygens (including phenoxy) is 1. The summed E-state index contributed by atoms with van der Waals surface area (Å²) < 4.78 is 12.5. The van der Waals surface area contributed by atoms with Gasteiger partial charge in [0.1, 0.15) is 0 Å². The summed E-state index contributed by atoms with van der Waals surface area (Å²) in [6.45, 7) is 7.28. The van der Waals surface area contributed by atoms with E-state index in [2.05, 4.69) is 15.2 Å². The number of nitrogens with zero attached hydrogens (tertiary/aromatic N) is 6. The number of pyridine rings is 1. The molecule has 30 heavy (non-hydrogen) atoms. The number of aryl methyl sites for hydroxylation is 4. The Labute approximate surface area is 173 Å². The maximum Gasteiger partial charge on any atom is 0.292 e. The number of rotatable bonds is 4. The fourth-order valence-electron chi connectivity index (χ4n) is 3.65. The molecular formula is C20H24N6O4. The molecule has 0 unspecified atom stereocenters. The molecule has 2 amide bonds. The lowest BCUT2D eigenvalue weighted by atomic mass is 10.2. The van der Waals surface area contributed by atoms with Crippen LogP contribution in [0.15, 0.2) is 16.7 Å². The number of hydrogen-bond acceptors (Lipinski definition) is 7. The standard InChI is InChI=1S/C20H24N6O4/c1-12-9-13(2)21-18-17(12)19(22-24(18)4)29-11-16(27)25-5-7-26(8-6-25)20(28)15-10-14(3)23-30-15/h9-10H,5-8,11H2,1-4H3. The number of carbonyl (C=O) groups excluding carboxylic acids is 2. The largest absolute Gasteiger partial charge is 0.466 e. The van der Waals surface area contributed by atoms with Crippen molar-refractivity contribution in [3.8, 4) is 5.88 Å². The summed E-state index contributed by atoms with van der Waals surface area (Å²) in [5.41, 5.74) is 3.29. The minimum atomic E-state index is -0.211. The van der Waals surface area contributed by atoms with Gasteiger partial charge in [0.15, 0.2) is 12.3 Å². The first-order valence-electron chi connectivity index (χ1n) is 9.77. The molecule has 0 atom stereocenters. The van der Waals surface area contributed by atoms with Gasteiger partial charge in [0, 0.05) is 45.0 Å². The van der Waals surface area contributed by atoms with E-state index in [0.29, 0.717) is 37.8 Å². The van der Waals surface area contributed by atoms with Crippen molar-refractivity contribution in [3.63, 3.8) is 0 Å². The Morgan fingerprint density at radius 3 is 2.43 bits per heavy atom. The zero-order chi connectivity index (χ0) is 21.4. The minimum absolute atomic E-state index is 0.116. The van der Waals surface area contributed by atoms with Crippen LogP contribution in [-0.4, -0.2) is 74.3 Å². The highest BCUT2D eigenvalue weighted by molar-refractivity contribution is 5.91. The van der Waals surface area contributed by atoms with Crippen LogP contribution >= 0.6 is 0 Å². The summed E-state index contributed by atoms with van der Waals surface area (Å²) in [7, 11) is 1.80. The van der Waals surface area contributed by atoms with E-state index in [1.807, 2.05) is 19.9 Å². The average Bonchev–Trinajstić information content (AvgIpc) is 3.29. The molecule has 0 aliphatic carbocycles. The summed E-state index contributed by atoms with van der Waals surface area (Å²) >= 11 is 0. The topological polar surface area (TPSA) is 107 Å². The van der Waals surface area contributed by atoms with Gasteiger partial charge in [-0.3, -0.25) is 9.59 Å². The smallest absolute Gasteiger partial charge is 0.292 e. The first-order chi connectivity index (χ1) is 14.3. The van der Waals surface area contributed by atoms with E-state index in [1.54, 1.807) is 34.5 Å². The molecule has 158 valence electrons. The van der Waals surface area contributed by atoms with Crippen LogP contribution in [0.1, 0.15) is 27.5 Å². The lowest BCUT2D eigenvalue weighted by Crippen LogP contribution is -2.51. The van der Waals surface area contributed by atoms with Gasteiger partial charge in [-0.25, -0.2) is 9.67 Å². The Hall–Kier alpha value is -3.43. The highest BCUT2D eigenvalue weighted by atomic mass is 16.5. The van der Waals surface area contributed by atoms with E-state index in [-0.39, 0.29) is 24.2 Å². The van der Waals surface area contributed by atoms with Crippen LogP contribution in [0.25, 0.3) is 11.0 Å². The first kappa shape index (κ1) is 19.9. The molecule has 4 heterocycles. The van der Waals surface area contributed by atoms with Crippen molar-refractivity contribution in [1.29, 1.82) is 0 Å². The molecule has 1 aliphatic heterocycles. The van der Waals surface area contributed by atoms with E-state index < -0.39 is 0 Å². The van der Waals surface area contributed by atoms with Crippen LogP contribution in [0.4, 0.5) is 0 Å². The second-order valence-corrected chi connectivity index (χ2v) is 7.50. The van der Waals surface area contributed by atoms with Crippen molar-refractivity contribution in [2.24, 2.45) is 7.05 Å². The first-order valence-corrected chi connectivity index (χ1v) is 9.77. The summed E-state index contributed by atoms with van der Waals surface area (Å²) in [6, 6.07) is 3.58. The van der Waals surface area contributed by atoms with Gasteiger partial charge >= 0.3 is 0 Å². The number of hydrogen-bond donors (Lipinski definition) is 0. The normalized spacial score (nSPS) is 14.4. The van der Waals surface area contributed by atoms with Crippen molar-refractivity contribution < 1.29 is 18.8 Å². The molecule has 0 spiro atoms. The molecule has 0 saturated carbocycles. The zero-order valence-electron chi connectivity index (χ0n) is 17.5. The van der Waals surface area contributed by atoms with Crippen LogP contribution in [0.3, 0.4) is 0 Å². The molecule has 0 radical (unpaired) electrons. The van der Waals surface area contributed by atoms with Gasteiger partial charge < -0.3 is 19.1 Å².